The molecule has 1 aromatic carbocycles. The molecule has 0 aliphatic carbocycles. The summed E-state index contributed by atoms with van der Waals surface area (Å²) in [6.45, 7) is 0.393. The van der Waals surface area contributed by atoms with Crippen molar-refractivity contribution < 1.29 is 37.8 Å². The van der Waals surface area contributed by atoms with Crippen molar-refractivity contribution in [3.63, 3.8) is 0 Å². The molecular formula is C11H12ClHgNO4. The van der Waals surface area contributed by atoms with Gasteiger partial charge in [-0.3, -0.25) is 0 Å². The standard InChI is InChI=1S/C11H12NO4.ClH.Hg/c1-2-10(16-8-13)7-9-5-3-4-6-11(9)12(14)15;;/h3-6,8,10H,1-2,7H2;1H;/q;;+1/p-1. The third-order valence-electron chi connectivity index (χ3n) is 2.54. The van der Waals surface area contributed by atoms with Crippen LogP contribution in [0.3, 0.4) is 0 Å². The Morgan fingerprint density at radius 3 is 2.83 bits per heavy atom. The fourth-order valence-electron chi connectivity index (χ4n) is 1.71. The van der Waals surface area contributed by atoms with Crippen molar-refractivity contribution in [2.45, 2.75) is 22.9 Å². The number of ether oxygens (including phenoxy) is 1. The van der Waals surface area contributed by atoms with Crippen molar-refractivity contribution >= 4 is 20.4 Å². The predicted molar refractivity (Wildman–Crippen MR) is 63.0 cm³/mol. The van der Waals surface area contributed by atoms with E-state index in [4.69, 9.17) is 13.0 Å². The van der Waals surface area contributed by atoms with Gasteiger partial charge in [-0.2, -0.15) is 0 Å². The summed E-state index contributed by atoms with van der Waals surface area (Å²) in [5.41, 5.74) is 0.646. The molecule has 0 spiro atoms. The van der Waals surface area contributed by atoms with Crippen LogP contribution in [-0.2, 0) is 39.3 Å². The molecule has 5 nitrogen and oxygen atoms in total. The van der Waals surface area contributed by atoms with E-state index >= 15 is 0 Å². The topological polar surface area (TPSA) is 69.4 Å². The zero-order valence-corrected chi connectivity index (χ0v) is 16.0. The average Bonchev–Trinajstić information content (AvgIpc) is 2.36. The molecule has 0 fully saturated rings. The van der Waals surface area contributed by atoms with Gasteiger partial charge < -0.3 is 0 Å². The molecule has 7 heteroatoms. The summed E-state index contributed by atoms with van der Waals surface area (Å²) in [5.74, 6) is 0. The summed E-state index contributed by atoms with van der Waals surface area (Å²) >= 11 is -1.27. The number of carbonyl (C=O) groups excluding carboxylic acids is 1. The third-order valence-corrected chi connectivity index (χ3v) is 7.51. The van der Waals surface area contributed by atoms with Crippen LogP contribution in [-0.4, -0.2) is 17.5 Å². The maximum atomic E-state index is 10.9. The summed E-state index contributed by atoms with van der Waals surface area (Å²) in [7, 11) is 5.80. The van der Waals surface area contributed by atoms with E-state index in [9.17, 15) is 14.9 Å². The number of nitro groups is 1. The second-order valence-electron chi connectivity index (χ2n) is 3.78. The van der Waals surface area contributed by atoms with Crippen LogP contribution >= 0.6 is 8.25 Å². The molecule has 1 aromatic rings. The van der Waals surface area contributed by atoms with Gasteiger partial charge >= 0.3 is 121 Å². The van der Waals surface area contributed by atoms with E-state index in [1.807, 2.05) is 0 Å². The van der Waals surface area contributed by atoms with E-state index < -0.39 is 28.3 Å². The molecule has 0 saturated heterocycles. The molecule has 0 bridgehead atoms. The van der Waals surface area contributed by atoms with Crippen molar-refractivity contribution in [3.8, 4) is 0 Å². The number of nitro benzene ring substituents is 1. The first kappa shape index (κ1) is 15.4. The molecule has 94 valence electrons. The van der Waals surface area contributed by atoms with Gasteiger partial charge in [-0.05, 0) is 0 Å². The van der Waals surface area contributed by atoms with Crippen molar-refractivity contribution in [2.75, 3.05) is 0 Å². The van der Waals surface area contributed by atoms with Crippen molar-refractivity contribution in [3.05, 3.63) is 39.9 Å². The number of rotatable bonds is 8. The Balaban J connectivity index is 2.79. The van der Waals surface area contributed by atoms with Gasteiger partial charge in [0.15, 0.2) is 0 Å². The molecule has 0 N–H and O–H groups in total. The fourth-order valence-corrected chi connectivity index (χ4v) is 5.43. The number of benzene rings is 1. The normalized spacial score (nSPS) is 11.4. The van der Waals surface area contributed by atoms with E-state index in [-0.39, 0.29) is 11.8 Å². The molecule has 1 atom stereocenters. The Morgan fingerprint density at radius 2 is 2.22 bits per heavy atom. The summed E-state index contributed by atoms with van der Waals surface area (Å²) in [4.78, 5) is 20.9. The SMILES string of the molecule is O=COC(C[CH2][Hg][Cl])Cc1ccccc1[N+](=O)[O-]. The Kier molecular flexibility index (Phi) is 7.19. The van der Waals surface area contributed by atoms with E-state index in [2.05, 4.69) is 0 Å². The molecule has 18 heavy (non-hydrogen) atoms. The molecule has 0 aliphatic heterocycles. The quantitative estimate of drug-likeness (QED) is 0.260. The monoisotopic (exact) mass is 459 g/mol. The Morgan fingerprint density at radius 1 is 1.50 bits per heavy atom. The van der Waals surface area contributed by atoms with Gasteiger partial charge in [0.1, 0.15) is 0 Å². The van der Waals surface area contributed by atoms with Gasteiger partial charge in [0.2, 0.25) is 0 Å². The molecule has 0 heterocycles. The van der Waals surface area contributed by atoms with Gasteiger partial charge in [-0.25, -0.2) is 0 Å². The molecule has 0 radical (unpaired) electrons. The number of para-hydroxylation sites is 1. The van der Waals surface area contributed by atoms with Crippen LogP contribution in [0.15, 0.2) is 24.3 Å². The van der Waals surface area contributed by atoms with Crippen LogP contribution in [0.25, 0.3) is 0 Å². The van der Waals surface area contributed by atoms with E-state index in [0.29, 0.717) is 24.9 Å². The van der Waals surface area contributed by atoms with E-state index in [0.717, 1.165) is 3.93 Å². The first-order valence-corrected chi connectivity index (χ1v) is 16.2. The maximum absolute atomic E-state index is 10.9. The van der Waals surface area contributed by atoms with Gasteiger partial charge in [0.05, 0.1) is 0 Å². The van der Waals surface area contributed by atoms with Gasteiger partial charge in [-0.1, -0.05) is 0 Å². The van der Waals surface area contributed by atoms with Crippen LogP contribution in [0.1, 0.15) is 12.0 Å². The van der Waals surface area contributed by atoms with Crippen LogP contribution in [0.4, 0.5) is 5.69 Å². The minimum absolute atomic E-state index is 0.0625. The minimum atomic E-state index is -1.27. The summed E-state index contributed by atoms with van der Waals surface area (Å²) in [5, 5.41) is 10.9. The molecule has 0 amide bonds. The van der Waals surface area contributed by atoms with Gasteiger partial charge in [0, 0.05) is 0 Å². The second-order valence-corrected chi connectivity index (χ2v) is 11.3. The zero-order valence-electron chi connectivity index (χ0n) is 9.75. The summed E-state index contributed by atoms with van der Waals surface area (Å²) < 4.78 is 5.87. The molecule has 0 aliphatic rings. The number of halogens is 1. The molecule has 0 aromatic heterocycles. The third kappa shape index (κ3) is 4.90. The van der Waals surface area contributed by atoms with E-state index in [1.165, 1.54) is 6.07 Å². The first-order valence-electron chi connectivity index (χ1n) is 5.56. The number of hydrogen-bond acceptors (Lipinski definition) is 4. The van der Waals surface area contributed by atoms with Crippen LogP contribution < -0.4 is 0 Å². The Labute approximate surface area is 120 Å². The van der Waals surface area contributed by atoms with Gasteiger partial charge in [0.25, 0.3) is 0 Å². The Hall–Kier alpha value is -0.685. The Bertz CT molecular complexity index is 416. The second kappa shape index (κ2) is 8.42. The first-order chi connectivity index (χ1) is 8.69. The van der Waals surface area contributed by atoms with Crippen molar-refractivity contribution in [1.82, 2.24) is 0 Å². The molecular weight excluding hydrogens is 446 g/mol. The fraction of sp³-hybridized carbons (Fsp3) is 0.364. The zero-order chi connectivity index (χ0) is 13.4. The van der Waals surface area contributed by atoms with Crippen LogP contribution in [0, 0.1) is 10.1 Å². The number of carbonyl (C=O) groups is 1. The van der Waals surface area contributed by atoms with Crippen LogP contribution in [0.5, 0.6) is 0 Å². The van der Waals surface area contributed by atoms with Crippen LogP contribution in [0.2, 0.25) is 3.93 Å². The summed E-state index contributed by atoms with van der Waals surface area (Å²) in [6.07, 6.45) is 0.735. The number of hydrogen-bond donors (Lipinski definition) is 0. The summed E-state index contributed by atoms with van der Waals surface area (Å²) in [6, 6.07) is 6.49. The molecule has 1 rings (SSSR count). The van der Waals surface area contributed by atoms with Crippen molar-refractivity contribution in [2.24, 2.45) is 0 Å². The van der Waals surface area contributed by atoms with Crippen molar-refractivity contribution in [1.29, 1.82) is 0 Å². The van der Waals surface area contributed by atoms with E-state index in [1.54, 1.807) is 18.2 Å². The predicted octanol–water partition coefficient (Wildman–Crippen LogP) is 2.72. The average molecular weight is 458 g/mol. The molecule has 1 unspecified atom stereocenters. The molecule has 0 saturated carbocycles. The number of nitrogens with zero attached hydrogens (tertiary/aromatic N) is 1. The van der Waals surface area contributed by atoms with Gasteiger partial charge in [-0.15, -0.1) is 0 Å².